The van der Waals surface area contributed by atoms with Crippen LogP contribution in [0, 0.1) is 0 Å². The molecule has 2 heterocycles. The SMILES string of the molecule is CCCCCc1nnc(NC(=O)Cn2cc(Br)ccc2=O)s1. The fraction of sp³-hybridized carbons (Fsp3) is 0.429. The summed E-state index contributed by atoms with van der Waals surface area (Å²) in [5.41, 5.74) is -0.226. The Morgan fingerprint density at radius 2 is 2.18 bits per heavy atom. The molecule has 2 aromatic heterocycles. The van der Waals surface area contributed by atoms with Crippen LogP contribution in [0.5, 0.6) is 0 Å². The highest BCUT2D eigenvalue weighted by Crippen LogP contribution is 2.17. The van der Waals surface area contributed by atoms with E-state index in [1.165, 1.54) is 22.0 Å². The largest absolute Gasteiger partial charge is 0.305 e. The van der Waals surface area contributed by atoms with Crippen molar-refractivity contribution < 1.29 is 4.79 Å². The highest BCUT2D eigenvalue weighted by molar-refractivity contribution is 9.10. The third-order valence-corrected chi connectivity index (χ3v) is 4.34. The highest BCUT2D eigenvalue weighted by Gasteiger charge is 2.09. The molecular weight excluding hydrogens is 368 g/mol. The van der Waals surface area contributed by atoms with E-state index in [4.69, 9.17) is 0 Å². The number of hydrogen-bond donors (Lipinski definition) is 1. The molecule has 0 aliphatic carbocycles. The summed E-state index contributed by atoms with van der Waals surface area (Å²) in [4.78, 5) is 23.6. The lowest BCUT2D eigenvalue weighted by Gasteiger charge is -2.05. The topological polar surface area (TPSA) is 76.9 Å². The number of aromatic nitrogens is 3. The summed E-state index contributed by atoms with van der Waals surface area (Å²) in [5.74, 6) is -0.295. The van der Waals surface area contributed by atoms with Crippen LogP contribution < -0.4 is 10.9 Å². The maximum absolute atomic E-state index is 12.0. The van der Waals surface area contributed by atoms with Crippen molar-refractivity contribution in [3.63, 3.8) is 0 Å². The normalized spacial score (nSPS) is 10.6. The number of nitrogens with one attached hydrogen (secondary N) is 1. The third-order valence-electron chi connectivity index (χ3n) is 2.97. The maximum Gasteiger partial charge on any atom is 0.251 e. The predicted molar refractivity (Wildman–Crippen MR) is 90.2 cm³/mol. The van der Waals surface area contributed by atoms with Gasteiger partial charge in [-0.15, -0.1) is 10.2 Å². The van der Waals surface area contributed by atoms with E-state index in [0.29, 0.717) is 5.13 Å². The number of pyridine rings is 1. The van der Waals surface area contributed by atoms with Gasteiger partial charge in [0.15, 0.2) is 0 Å². The Morgan fingerprint density at radius 1 is 1.36 bits per heavy atom. The molecule has 1 amide bonds. The molecular formula is C14H17BrN4O2S. The molecule has 0 bridgehead atoms. The van der Waals surface area contributed by atoms with Crippen molar-refractivity contribution in [3.8, 4) is 0 Å². The molecule has 0 aliphatic rings. The molecule has 1 N–H and O–H groups in total. The monoisotopic (exact) mass is 384 g/mol. The highest BCUT2D eigenvalue weighted by atomic mass is 79.9. The number of unbranched alkanes of at least 4 members (excludes halogenated alkanes) is 2. The molecule has 8 heteroatoms. The molecule has 0 radical (unpaired) electrons. The van der Waals surface area contributed by atoms with Crippen molar-refractivity contribution in [1.29, 1.82) is 0 Å². The summed E-state index contributed by atoms with van der Waals surface area (Å²) in [5, 5.41) is 12.1. The van der Waals surface area contributed by atoms with Gasteiger partial charge in [0.25, 0.3) is 5.56 Å². The first kappa shape index (κ1) is 16.8. The minimum Gasteiger partial charge on any atom is -0.305 e. The predicted octanol–water partition coefficient (Wildman–Crippen LogP) is 2.83. The number of carbonyl (C=O) groups excluding carboxylic acids is 1. The minimum atomic E-state index is -0.295. The van der Waals surface area contributed by atoms with E-state index < -0.39 is 0 Å². The van der Waals surface area contributed by atoms with E-state index >= 15 is 0 Å². The number of carbonyl (C=O) groups is 1. The summed E-state index contributed by atoms with van der Waals surface area (Å²) in [7, 11) is 0. The molecule has 118 valence electrons. The smallest absolute Gasteiger partial charge is 0.251 e. The molecule has 2 rings (SSSR count). The van der Waals surface area contributed by atoms with Gasteiger partial charge in [0.05, 0.1) is 0 Å². The van der Waals surface area contributed by atoms with Crippen LogP contribution in [0.2, 0.25) is 0 Å². The van der Waals surface area contributed by atoms with Gasteiger partial charge in [-0.2, -0.15) is 0 Å². The third kappa shape index (κ3) is 5.03. The zero-order valence-electron chi connectivity index (χ0n) is 12.2. The molecule has 0 atom stereocenters. The van der Waals surface area contributed by atoms with Crippen LogP contribution >= 0.6 is 27.3 Å². The van der Waals surface area contributed by atoms with E-state index in [0.717, 1.165) is 35.2 Å². The van der Waals surface area contributed by atoms with E-state index in [1.54, 1.807) is 12.3 Å². The number of aryl methyl sites for hydroxylation is 1. The van der Waals surface area contributed by atoms with Crippen molar-refractivity contribution in [3.05, 3.63) is 38.2 Å². The summed E-state index contributed by atoms with van der Waals surface area (Å²) in [6.45, 7) is 2.10. The Bertz CT molecular complexity index is 698. The van der Waals surface area contributed by atoms with Gasteiger partial charge in [-0.3, -0.25) is 14.9 Å². The molecule has 0 saturated carbocycles. The lowest BCUT2D eigenvalue weighted by Crippen LogP contribution is -2.26. The number of hydrogen-bond acceptors (Lipinski definition) is 5. The van der Waals surface area contributed by atoms with Crippen molar-refractivity contribution in [1.82, 2.24) is 14.8 Å². The number of nitrogens with zero attached hydrogens (tertiary/aromatic N) is 3. The Balaban J connectivity index is 1.92. The van der Waals surface area contributed by atoms with Crippen LogP contribution in [-0.2, 0) is 17.8 Å². The Morgan fingerprint density at radius 3 is 2.95 bits per heavy atom. The van der Waals surface area contributed by atoms with E-state index in [1.807, 2.05) is 0 Å². The molecule has 0 saturated heterocycles. The summed E-state index contributed by atoms with van der Waals surface area (Å²) < 4.78 is 2.08. The van der Waals surface area contributed by atoms with E-state index in [2.05, 4.69) is 38.4 Å². The molecule has 0 spiro atoms. The molecule has 0 unspecified atom stereocenters. The van der Waals surface area contributed by atoms with Gasteiger partial charge >= 0.3 is 0 Å². The second kappa shape index (κ2) is 8.19. The Hall–Kier alpha value is -1.54. The zero-order valence-corrected chi connectivity index (χ0v) is 14.6. The van der Waals surface area contributed by atoms with Crippen LogP contribution in [0.15, 0.2) is 27.6 Å². The van der Waals surface area contributed by atoms with E-state index in [-0.39, 0.29) is 18.0 Å². The van der Waals surface area contributed by atoms with Gasteiger partial charge in [0.1, 0.15) is 11.6 Å². The van der Waals surface area contributed by atoms with Crippen LogP contribution in [0.25, 0.3) is 0 Å². The average Bonchev–Trinajstić information content (AvgIpc) is 2.90. The van der Waals surface area contributed by atoms with E-state index in [9.17, 15) is 9.59 Å². The fourth-order valence-corrected chi connectivity index (χ4v) is 3.05. The standard InChI is InChI=1S/C14H17BrN4O2S/c1-2-3-4-5-12-17-18-14(22-12)16-11(20)9-19-8-10(15)6-7-13(19)21/h6-8H,2-5,9H2,1H3,(H,16,18,20). The summed E-state index contributed by atoms with van der Waals surface area (Å²) >= 11 is 4.65. The molecule has 6 nitrogen and oxygen atoms in total. The van der Waals surface area contributed by atoms with Crippen molar-refractivity contribution in [2.24, 2.45) is 0 Å². The van der Waals surface area contributed by atoms with Gasteiger partial charge in [0, 0.05) is 23.2 Å². The van der Waals surface area contributed by atoms with Crippen molar-refractivity contribution in [2.45, 2.75) is 39.2 Å². The minimum absolute atomic E-state index is 0.0526. The first-order chi connectivity index (χ1) is 10.6. The number of rotatable bonds is 7. The lowest BCUT2D eigenvalue weighted by atomic mass is 10.2. The first-order valence-corrected chi connectivity index (χ1v) is 8.67. The van der Waals surface area contributed by atoms with Crippen LogP contribution in [0.3, 0.4) is 0 Å². The summed E-state index contributed by atoms with van der Waals surface area (Å²) in [6, 6.07) is 3.05. The van der Waals surface area contributed by atoms with Crippen molar-refractivity contribution >= 4 is 38.3 Å². The Labute approximate surface area is 140 Å². The number of amides is 1. The van der Waals surface area contributed by atoms with Gasteiger partial charge in [0.2, 0.25) is 11.0 Å². The second-order valence-electron chi connectivity index (χ2n) is 4.82. The first-order valence-electron chi connectivity index (χ1n) is 7.06. The number of halogens is 1. The second-order valence-corrected chi connectivity index (χ2v) is 6.80. The van der Waals surface area contributed by atoms with Crippen molar-refractivity contribution in [2.75, 3.05) is 5.32 Å². The van der Waals surface area contributed by atoms with Gasteiger partial charge in [-0.05, 0) is 28.4 Å². The zero-order chi connectivity index (χ0) is 15.9. The fourth-order valence-electron chi connectivity index (χ4n) is 1.87. The van der Waals surface area contributed by atoms with Gasteiger partial charge < -0.3 is 4.57 Å². The van der Waals surface area contributed by atoms with Gasteiger partial charge in [-0.25, -0.2) is 0 Å². The van der Waals surface area contributed by atoms with Crippen LogP contribution in [-0.4, -0.2) is 20.7 Å². The molecule has 0 fully saturated rings. The summed E-state index contributed by atoms with van der Waals surface area (Å²) in [6.07, 6.45) is 5.86. The average molecular weight is 385 g/mol. The Kier molecular flexibility index (Phi) is 6.26. The molecule has 2 aromatic rings. The molecule has 0 aliphatic heterocycles. The lowest BCUT2D eigenvalue weighted by molar-refractivity contribution is -0.116. The molecule has 0 aromatic carbocycles. The van der Waals surface area contributed by atoms with Gasteiger partial charge in [-0.1, -0.05) is 31.1 Å². The molecule has 22 heavy (non-hydrogen) atoms. The number of anilines is 1. The maximum atomic E-state index is 12.0. The van der Waals surface area contributed by atoms with Crippen LogP contribution in [0.4, 0.5) is 5.13 Å². The quantitative estimate of drug-likeness (QED) is 0.744. The van der Waals surface area contributed by atoms with Crippen LogP contribution in [0.1, 0.15) is 31.2 Å².